The summed E-state index contributed by atoms with van der Waals surface area (Å²) in [6.07, 6.45) is 6.02. The molecule has 0 saturated carbocycles. The van der Waals surface area contributed by atoms with E-state index in [-0.39, 0.29) is 17.0 Å². The third-order valence-electron chi connectivity index (χ3n) is 4.29. The van der Waals surface area contributed by atoms with E-state index < -0.39 is 0 Å². The first kappa shape index (κ1) is 14.8. The topological polar surface area (TPSA) is 55.2 Å². The Bertz CT molecular complexity index is 743. The second kappa shape index (κ2) is 6.30. The Labute approximate surface area is 129 Å². The van der Waals surface area contributed by atoms with Crippen molar-refractivity contribution < 1.29 is 4.79 Å². The molecule has 1 amide bonds. The summed E-state index contributed by atoms with van der Waals surface area (Å²) < 4.78 is 1.58. The molecule has 0 bridgehead atoms. The number of pyridine rings is 2. The number of aromatic nitrogens is 2. The Hall–Kier alpha value is -2.17. The average Bonchev–Trinajstić information content (AvgIpc) is 2.83. The van der Waals surface area contributed by atoms with Gasteiger partial charge in [0.05, 0.1) is 0 Å². The van der Waals surface area contributed by atoms with E-state index in [1.54, 1.807) is 16.8 Å². The van der Waals surface area contributed by atoms with E-state index in [9.17, 15) is 9.59 Å². The van der Waals surface area contributed by atoms with Crippen molar-refractivity contribution in [2.75, 3.05) is 13.1 Å². The third kappa shape index (κ3) is 2.63. The minimum Gasteiger partial charge on any atom is -0.338 e. The SMILES string of the molecule is CCn1c(=O)c(C(=O)N2CCCCCC2)cc2cccnc21. The maximum atomic E-state index is 12.8. The van der Waals surface area contributed by atoms with Gasteiger partial charge in [-0.1, -0.05) is 12.8 Å². The fourth-order valence-electron chi connectivity index (χ4n) is 3.10. The van der Waals surface area contributed by atoms with E-state index in [2.05, 4.69) is 4.98 Å². The molecule has 5 nitrogen and oxygen atoms in total. The number of carbonyl (C=O) groups excluding carboxylic acids is 1. The van der Waals surface area contributed by atoms with Crippen molar-refractivity contribution in [3.05, 3.63) is 40.3 Å². The Balaban J connectivity index is 2.08. The summed E-state index contributed by atoms with van der Waals surface area (Å²) in [6, 6.07) is 5.42. The lowest BCUT2D eigenvalue weighted by Crippen LogP contribution is -2.37. The van der Waals surface area contributed by atoms with Gasteiger partial charge in [-0.25, -0.2) is 4.98 Å². The fraction of sp³-hybridized carbons (Fsp3) is 0.471. The van der Waals surface area contributed by atoms with Crippen LogP contribution in [-0.4, -0.2) is 33.4 Å². The molecule has 22 heavy (non-hydrogen) atoms. The van der Waals surface area contributed by atoms with Crippen molar-refractivity contribution in [1.82, 2.24) is 14.5 Å². The number of nitrogens with zero attached hydrogens (tertiary/aromatic N) is 3. The number of amides is 1. The monoisotopic (exact) mass is 299 g/mol. The van der Waals surface area contributed by atoms with Gasteiger partial charge in [-0.15, -0.1) is 0 Å². The molecule has 0 radical (unpaired) electrons. The van der Waals surface area contributed by atoms with Crippen molar-refractivity contribution in [3.63, 3.8) is 0 Å². The van der Waals surface area contributed by atoms with Crippen LogP contribution in [0, 0.1) is 0 Å². The van der Waals surface area contributed by atoms with Crippen LogP contribution in [0.4, 0.5) is 0 Å². The highest BCUT2D eigenvalue weighted by Crippen LogP contribution is 2.15. The zero-order valence-corrected chi connectivity index (χ0v) is 12.9. The molecular weight excluding hydrogens is 278 g/mol. The molecular formula is C17H21N3O2. The van der Waals surface area contributed by atoms with E-state index in [0.29, 0.717) is 12.2 Å². The van der Waals surface area contributed by atoms with Gasteiger partial charge in [0.1, 0.15) is 11.2 Å². The molecule has 0 aliphatic carbocycles. The van der Waals surface area contributed by atoms with Crippen LogP contribution in [0.1, 0.15) is 43.0 Å². The number of likely N-dealkylation sites (tertiary alicyclic amines) is 1. The summed E-state index contributed by atoms with van der Waals surface area (Å²) in [7, 11) is 0. The van der Waals surface area contributed by atoms with Gasteiger partial charge in [0.2, 0.25) is 0 Å². The smallest absolute Gasteiger partial charge is 0.265 e. The number of rotatable bonds is 2. The zero-order valence-electron chi connectivity index (χ0n) is 12.9. The molecule has 0 unspecified atom stereocenters. The lowest BCUT2D eigenvalue weighted by molar-refractivity contribution is 0.0759. The quantitative estimate of drug-likeness (QED) is 0.856. The first-order chi connectivity index (χ1) is 10.7. The summed E-state index contributed by atoms with van der Waals surface area (Å²) in [6.45, 7) is 3.90. The van der Waals surface area contributed by atoms with Crippen molar-refractivity contribution in [2.24, 2.45) is 0 Å². The minimum atomic E-state index is -0.233. The number of hydrogen-bond donors (Lipinski definition) is 0. The van der Waals surface area contributed by atoms with Crippen LogP contribution >= 0.6 is 0 Å². The molecule has 1 saturated heterocycles. The van der Waals surface area contributed by atoms with Crippen LogP contribution in [0.2, 0.25) is 0 Å². The molecule has 0 N–H and O–H groups in total. The number of aryl methyl sites for hydroxylation is 1. The van der Waals surface area contributed by atoms with Gasteiger partial charge < -0.3 is 4.90 Å². The summed E-state index contributed by atoms with van der Waals surface area (Å²) in [5.74, 6) is -0.139. The lowest BCUT2D eigenvalue weighted by Gasteiger charge is -2.20. The van der Waals surface area contributed by atoms with E-state index in [0.717, 1.165) is 44.2 Å². The number of hydrogen-bond acceptors (Lipinski definition) is 3. The van der Waals surface area contributed by atoms with Crippen molar-refractivity contribution >= 4 is 16.9 Å². The Morgan fingerprint density at radius 1 is 1.23 bits per heavy atom. The highest BCUT2D eigenvalue weighted by Gasteiger charge is 2.22. The molecule has 1 aliphatic rings. The van der Waals surface area contributed by atoms with E-state index in [1.807, 2.05) is 24.0 Å². The van der Waals surface area contributed by atoms with Crippen LogP contribution in [0.3, 0.4) is 0 Å². The summed E-state index contributed by atoms with van der Waals surface area (Å²) in [4.78, 5) is 31.5. The van der Waals surface area contributed by atoms with Crippen molar-refractivity contribution in [2.45, 2.75) is 39.2 Å². The fourth-order valence-corrected chi connectivity index (χ4v) is 3.10. The van der Waals surface area contributed by atoms with Crippen LogP contribution in [0.5, 0.6) is 0 Å². The van der Waals surface area contributed by atoms with Gasteiger partial charge in [0.15, 0.2) is 0 Å². The molecule has 5 heteroatoms. The molecule has 1 aliphatic heterocycles. The molecule has 0 atom stereocenters. The van der Waals surface area contributed by atoms with Crippen LogP contribution in [-0.2, 0) is 6.54 Å². The molecule has 1 fully saturated rings. The van der Waals surface area contributed by atoms with Gasteiger partial charge in [-0.3, -0.25) is 14.2 Å². The predicted octanol–water partition coefficient (Wildman–Crippen LogP) is 2.43. The molecule has 2 aromatic heterocycles. The maximum Gasteiger partial charge on any atom is 0.265 e. The molecule has 0 spiro atoms. The maximum absolute atomic E-state index is 12.8. The Morgan fingerprint density at radius 2 is 1.95 bits per heavy atom. The van der Waals surface area contributed by atoms with Crippen LogP contribution < -0.4 is 5.56 Å². The Morgan fingerprint density at radius 3 is 2.64 bits per heavy atom. The molecule has 2 aromatic rings. The summed E-state index contributed by atoms with van der Waals surface area (Å²) in [5.41, 5.74) is 0.676. The minimum absolute atomic E-state index is 0.139. The molecule has 3 heterocycles. The second-order valence-electron chi connectivity index (χ2n) is 5.73. The standard InChI is InChI=1S/C17H21N3O2/c1-2-20-15-13(8-7-9-18-15)12-14(17(20)22)16(21)19-10-5-3-4-6-11-19/h7-9,12H,2-6,10-11H2,1H3. The zero-order chi connectivity index (χ0) is 15.5. The molecule has 116 valence electrons. The number of carbonyl (C=O) groups is 1. The van der Waals surface area contributed by atoms with Gasteiger partial charge in [-0.05, 0) is 38.0 Å². The summed E-state index contributed by atoms with van der Waals surface area (Å²) >= 11 is 0. The van der Waals surface area contributed by atoms with Crippen molar-refractivity contribution in [3.8, 4) is 0 Å². The van der Waals surface area contributed by atoms with Gasteiger partial charge in [-0.2, -0.15) is 0 Å². The summed E-state index contributed by atoms with van der Waals surface area (Å²) in [5, 5.41) is 0.835. The van der Waals surface area contributed by atoms with Gasteiger partial charge in [0.25, 0.3) is 11.5 Å². The first-order valence-corrected chi connectivity index (χ1v) is 8.00. The second-order valence-corrected chi connectivity index (χ2v) is 5.73. The van der Waals surface area contributed by atoms with Crippen LogP contribution in [0.15, 0.2) is 29.2 Å². The number of fused-ring (bicyclic) bond motifs is 1. The van der Waals surface area contributed by atoms with Gasteiger partial charge >= 0.3 is 0 Å². The predicted molar refractivity (Wildman–Crippen MR) is 86.0 cm³/mol. The van der Waals surface area contributed by atoms with Crippen LogP contribution in [0.25, 0.3) is 11.0 Å². The van der Waals surface area contributed by atoms with Crippen molar-refractivity contribution in [1.29, 1.82) is 0 Å². The Kier molecular flexibility index (Phi) is 4.22. The third-order valence-corrected chi connectivity index (χ3v) is 4.29. The molecule has 0 aromatic carbocycles. The van der Waals surface area contributed by atoms with E-state index in [1.165, 1.54) is 0 Å². The first-order valence-electron chi connectivity index (χ1n) is 8.00. The molecule has 3 rings (SSSR count). The normalized spacial score (nSPS) is 15.8. The highest BCUT2D eigenvalue weighted by molar-refractivity contribution is 5.96. The largest absolute Gasteiger partial charge is 0.338 e. The van der Waals surface area contributed by atoms with E-state index >= 15 is 0 Å². The highest BCUT2D eigenvalue weighted by atomic mass is 16.2. The van der Waals surface area contributed by atoms with E-state index in [4.69, 9.17) is 0 Å². The lowest BCUT2D eigenvalue weighted by atomic mass is 10.1. The van der Waals surface area contributed by atoms with Gasteiger partial charge in [0, 0.05) is 31.2 Å². The average molecular weight is 299 g/mol.